The SMILES string of the molecule is CC(C)C1CNc2cc(Br)c(F)cc2N1. The number of rotatable bonds is 1. The molecule has 1 aliphatic heterocycles. The van der Waals surface area contributed by atoms with Gasteiger partial charge in [0.05, 0.1) is 15.8 Å². The minimum atomic E-state index is -0.229. The molecule has 4 heteroatoms. The molecule has 2 N–H and O–H groups in total. The summed E-state index contributed by atoms with van der Waals surface area (Å²) in [4.78, 5) is 0. The number of hydrogen-bond donors (Lipinski definition) is 2. The maximum absolute atomic E-state index is 13.3. The molecule has 2 nitrogen and oxygen atoms in total. The Hall–Kier alpha value is -0.770. The molecule has 82 valence electrons. The molecule has 1 atom stereocenters. The second-order valence-corrected chi connectivity index (χ2v) is 5.04. The van der Waals surface area contributed by atoms with E-state index in [9.17, 15) is 4.39 Å². The lowest BCUT2D eigenvalue weighted by atomic mass is 10.0. The normalized spacial score (nSPS) is 19.4. The summed E-state index contributed by atoms with van der Waals surface area (Å²) in [5.41, 5.74) is 1.81. The highest BCUT2D eigenvalue weighted by molar-refractivity contribution is 9.10. The summed E-state index contributed by atoms with van der Waals surface area (Å²) in [6, 6.07) is 3.66. The molecule has 1 aliphatic rings. The van der Waals surface area contributed by atoms with Gasteiger partial charge in [-0.1, -0.05) is 13.8 Å². The molecule has 0 amide bonds. The first-order valence-corrected chi connectivity index (χ1v) is 5.86. The predicted molar refractivity (Wildman–Crippen MR) is 64.8 cm³/mol. The fourth-order valence-electron chi connectivity index (χ4n) is 1.69. The van der Waals surface area contributed by atoms with Crippen molar-refractivity contribution in [2.75, 3.05) is 17.2 Å². The lowest BCUT2D eigenvalue weighted by Crippen LogP contribution is -2.37. The van der Waals surface area contributed by atoms with Crippen LogP contribution in [-0.2, 0) is 0 Å². The van der Waals surface area contributed by atoms with Gasteiger partial charge in [0.25, 0.3) is 0 Å². The van der Waals surface area contributed by atoms with Crippen LogP contribution < -0.4 is 10.6 Å². The molecule has 1 heterocycles. The van der Waals surface area contributed by atoms with Gasteiger partial charge >= 0.3 is 0 Å². The molecule has 1 unspecified atom stereocenters. The Kier molecular flexibility index (Phi) is 2.87. The lowest BCUT2D eigenvalue weighted by molar-refractivity contribution is 0.535. The summed E-state index contributed by atoms with van der Waals surface area (Å²) in [6.07, 6.45) is 0. The van der Waals surface area contributed by atoms with E-state index in [1.807, 2.05) is 0 Å². The molecule has 0 aromatic heterocycles. The summed E-state index contributed by atoms with van der Waals surface area (Å²) in [5, 5.41) is 6.64. The van der Waals surface area contributed by atoms with Gasteiger partial charge < -0.3 is 10.6 Å². The number of benzene rings is 1. The number of fused-ring (bicyclic) bond motifs is 1. The summed E-state index contributed by atoms with van der Waals surface area (Å²) < 4.78 is 13.8. The van der Waals surface area contributed by atoms with Gasteiger partial charge in [0, 0.05) is 18.7 Å². The van der Waals surface area contributed by atoms with Gasteiger partial charge in [-0.2, -0.15) is 0 Å². The first-order valence-electron chi connectivity index (χ1n) is 5.07. The van der Waals surface area contributed by atoms with Crippen LogP contribution in [0.2, 0.25) is 0 Å². The molecule has 0 bridgehead atoms. The van der Waals surface area contributed by atoms with Gasteiger partial charge in [0.15, 0.2) is 0 Å². The molecule has 0 saturated heterocycles. The highest BCUT2D eigenvalue weighted by Gasteiger charge is 2.20. The van der Waals surface area contributed by atoms with E-state index < -0.39 is 0 Å². The van der Waals surface area contributed by atoms with Gasteiger partial charge in [-0.25, -0.2) is 4.39 Å². The fraction of sp³-hybridized carbons (Fsp3) is 0.455. The quantitative estimate of drug-likeness (QED) is 0.819. The van der Waals surface area contributed by atoms with Crippen molar-refractivity contribution in [1.82, 2.24) is 0 Å². The molecule has 0 saturated carbocycles. The summed E-state index contributed by atoms with van der Waals surface area (Å²) in [7, 11) is 0. The number of hydrogen-bond acceptors (Lipinski definition) is 2. The Morgan fingerprint density at radius 1 is 1.40 bits per heavy atom. The van der Waals surface area contributed by atoms with Crippen molar-refractivity contribution in [2.45, 2.75) is 19.9 Å². The van der Waals surface area contributed by atoms with E-state index >= 15 is 0 Å². The second kappa shape index (κ2) is 4.00. The molecule has 0 fully saturated rings. The van der Waals surface area contributed by atoms with Gasteiger partial charge in [-0.15, -0.1) is 0 Å². The number of nitrogens with one attached hydrogen (secondary N) is 2. The van der Waals surface area contributed by atoms with Gasteiger partial charge in [-0.3, -0.25) is 0 Å². The third kappa shape index (κ3) is 2.09. The molecule has 2 rings (SSSR count). The van der Waals surface area contributed by atoms with Crippen LogP contribution in [0.15, 0.2) is 16.6 Å². The average molecular weight is 273 g/mol. The van der Waals surface area contributed by atoms with E-state index in [0.29, 0.717) is 16.4 Å². The van der Waals surface area contributed by atoms with Crippen LogP contribution in [0.1, 0.15) is 13.8 Å². The van der Waals surface area contributed by atoms with Crippen LogP contribution >= 0.6 is 15.9 Å². The van der Waals surface area contributed by atoms with Gasteiger partial charge in [0.1, 0.15) is 5.82 Å². The van der Waals surface area contributed by atoms with Crippen LogP contribution in [0.5, 0.6) is 0 Å². The van der Waals surface area contributed by atoms with Crippen LogP contribution in [0.4, 0.5) is 15.8 Å². The van der Waals surface area contributed by atoms with E-state index in [4.69, 9.17) is 0 Å². The first-order chi connectivity index (χ1) is 7.08. The molecule has 0 aliphatic carbocycles. The first kappa shape index (κ1) is 10.7. The Morgan fingerprint density at radius 3 is 2.80 bits per heavy atom. The second-order valence-electron chi connectivity index (χ2n) is 4.19. The predicted octanol–water partition coefficient (Wildman–Crippen LogP) is 3.45. The van der Waals surface area contributed by atoms with Crippen molar-refractivity contribution in [1.29, 1.82) is 0 Å². The summed E-state index contributed by atoms with van der Waals surface area (Å²) in [5.74, 6) is 0.296. The van der Waals surface area contributed by atoms with Crippen molar-refractivity contribution in [3.8, 4) is 0 Å². The van der Waals surface area contributed by atoms with Crippen molar-refractivity contribution in [3.63, 3.8) is 0 Å². The molecule has 0 radical (unpaired) electrons. The number of anilines is 2. The summed E-state index contributed by atoms with van der Waals surface area (Å²) in [6.45, 7) is 5.18. The van der Waals surface area contributed by atoms with Gasteiger partial charge in [0.2, 0.25) is 0 Å². The topological polar surface area (TPSA) is 24.1 Å². The Labute approximate surface area is 97.4 Å². The molecular formula is C11H14BrFN2. The fourth-order valence-corrected chi connectivity index (χ4v) is 2.03. The smallest absolute Gasteiger partial charge is 0.139 e. The largest absolute Gasteiger partial charge is 0.381 e. The Bertz CT molecular complexity index is 379. The maximum Gasteiger partial charge on any atom is 0.139 e. The molecule has 1 aromatic rings. The highest BCUT2D eigenvalue weighted by atomic mass is 79.9. The van der Waals surface area contributed by atoms with Crippen molar-refractivity contribution < 1.29 is 4.39 Å². The minimum Gasteiger partial charge on any atom is -0.381 e. The van der Waals surface area contributed by atoms with E-state index in [1.54, 1.807) is 6.07 Å². The van der Waals surface area contributed by atoms with E-state index in [-0.39, 0.29) is 5.82 Å². The Balaban J connectivity index is 2.30. The monoisotopic (exact) mass is 272 g/mol. The van der Waals surface area contributed by atoms with Crippen molar-refractivity contribution in [2.24, 2.45) is 5.92 Å². The van der Waals surface area contributed by atoms with E-state index in [2.05, 4.69) is 40.4 Å². The third-order valence-corrected chi connectivity index (χ3v) is 3.33. The molecule has 1 aromatic carbocycles. The maximum atomic E-state index is 13.3. The lowest BCUT2D eigenvalue weighted by Gasteiger charge is -2.31. The van der Waals surface area contributed by atoms with Crippen LogP contribution in [-0.4, -0.2) is 12.6 Å². The standard InChI is InChI=1S/C11H14BrFN2/c1-6(2)11-5-14-9-3-7(12)8(13)4-10(9)15-11/h3-4,6,11,14-15H,5H2,1-2H3. The zero-order chi connectivity index (χ0) is 11.0. The van der Waals surface area contributed by atoms with Crippen LogP contribution in [0.25, 0.3) is 0 Å². The molecular weight excluding hydrogens is 259 g/mol. The molecule has 0 spiro atoms. The van der Waals surface area contributed by atoms with Crippen LogP contribution in [0, 0.1) is 11.7 Å². The van der Waals surface area contributed by atoms with Gasteiger partial charge in [-0.05, 0) is 27.9 Å². The highest BCUT2D eigenvalue weighted by Crippen LogP contribution is 2.32. The molecule has 15 heavy (non-hydrogen) atoms. The minimum absolute atomic E-state index is 0.229. The van der Waals surface area contributed by atoms with Crippen LogP contribution in [0.3, 0.4) is 0 Å². The summed E-state index contributed by atoms with van der Waals surface area (Å²) >= 11 is 3.18. The van der Waals surface area contributed by atoms with Crippen molar-refractivity contribution >= 4 is 27.3 Å². The zero-order valence-corrected chi connectivity index (χ0v) is 10.4. The average Bonchev–Trinajstić information content (AvgIpc) is 2.19. The number of halogens is 2. The van der Waals surface area contributed by atoms with E-state index in [1.165, 1.54) is 6.07 Å². The zero-order valence-electron chi connectivity index (χ0n) is 8.77. The Morgan fingerprint density at radius 2 is 2.13 bits per heavy atom. The van der Waals surface area contributed by atoms with E-state index in [0.717, 1.165) is 17.9 Å². The van der Waals surface area contributed by atoms with Crippen molar-refractivity contribution in [3.05, 3.63) is 22.4 Å². The third-order valence-electron chi connectivity index (χ3n) is 2.72.